The quantitative estimate of drug-likeness (QED) is 0.846. The van der Waals surface area contributed by atoms with Gasteiger partial charge in [0.1, 0.15) is 23.0 Å². The normalized spacial score (nSPS) is 12.3. The molecule has 1 aromatic rings. The largest absolute Gasteiger partial charge is 0.516 e. The summed E-state index contributed by atoms with van der Waals surface area (Å²) < 4.78 is 95.8. The van der Waals surface area contributed by atoms with Crippen molar-refractivity contribution < 1.29 is 39.6 Å². The van der Waals surface area contributed by atoms with E-state index in [1.807, 2.05) is 0 Å². The number of sulfonamides is 1. The van der Waals surface area contributed by atoms with Crippen LogP contribution in [0, 0.1) is 17.5 Å². The maximum atomic E-state index is 13.0. The van der Waals surface area contributed by atoms with E-state index < -0.39 is 44.5 Å². The van der Waals surface area contributed by atoms with Crippen molar-refractivity contribution in [1.82, 2.24) is 4.72 Å². The van der Waals surface area contributed by atoms with E-state index in [4.69, 9.17) is 0 Å². The predicted molar refractivity (Wildman–Crippen MR) is 48.8 cm³/mol. The molecule has 1 amide bonds. The summed E-state index contributed by atoms with van der Waals surface area (Å²) in [6, 6.07) is 0.0242. The van der Waals surface area contributed by atoms with Crippen molar-refractivity contribution in [2.45, 2.75) is 5.51 Å². The molecular formula is C8H3F6NO3S. The molecule has 0 fully saturated rings. The second-order valence-electron chi connectivity index (χ2n) is 3.12. The average molecular weight is 307 g/mol. The number of hydrogen-bond acceptors (Lipinski definition) is 3. The van der Waals surface area contributed by atoms with Crippen LogP contribution in [0.2, 0.25) is 0 Å². The molecule has 0 atom stereocenters. The van der Waals surface area contributed by atoms with Gasteiger partial charge in [0.15, 0.2) is 0 Å². The highest BCUT2D eigenvalue weighted by Crippen LogP contribution is 2.22. The minimum Gasteiger partial charge on any atom is -0.268 e. The standard InChI is InChI=1S/C8H3F6NO3S/c9-3-1-4(10)6(5(11)2-3)7(16)15-19(17,18)8(12,13)14/h1-2H,(H,15,16). The Balaban J connectivity index is 3.18. The third-order valence-electron chi connectivity index (χ3n) is 1.77. The zero-order chi connectivity index (χ0) is 15.0. The average Bonchev–Trinajstić information content (AvgIpc) is 2.12. The van der Waals surface area contributed by atoms with Crippen molar-refractivity contribution in [2.75, 3.05) is 0 Å². The molecule has 1 N–H and O–H groups in total. The number of carbonyl (C=O) groups excluding carboxylic acids is 1. The third-order valence-corrected chi connectivity index (χ3v) is 2.83. The molecule has 106 valence electrons. The summed E-state index contributed by atoms with van der Waals surface area (Å²) in [6.45, 7) is 0. The Kier molecular flexibility index (Phi) is 3.79. The van der Waals surface area contributed by atoms with Gasteiger partial charge in [0.05, 0.1) is 0 Å². The van der Waals surface area contributed by atoms with Gasteiger partial charge in [-0.15, -0.1) is 0 Å². The maximum absolute atomic E-state index is 13.0. The second-order valence-corrected chi connectivity index (χ2v) is 4.80. The van der Waals surface area contributed by atoms with Crippen LogP contribution in [-0.4, -0.2) is 19.8 Å². The van der Waals surface area contributed by atoms with Gasteiger partial charge < -0.3 is 0 Å². The number of amides is 1. The van der Waals surface area contributed by atoms with Crippen molar-refractivity contribution >= 4 is 15.9 Å². The number of nitrogens with one attached hydrogen (secondary N) is 1. The van der Waals surface area contributed by atoms with Crippen LogP contribution in [0.5, 0.6) is 0 Å². The van der Waals surface area contributed by atoms with Gasteiger partial charge in [-0.1, -0.05) is 0 Å². The first-order chi connectivity index (χ1) is 8.45. The molecule has 0 aliphatic rings. The number of rotatable bonds is 2. The van der Waals surface area contributed by atoms with Gasteiger partial charge in [0.25, 0.3) is 5.91 Å². The van der Waals surface area contributed by atoms with Crippen molar-refractivity contribution in [2.24, 2.45) is 0 Å². The molecule has 0 unspecified atom stereocenters. The minimum absolute atomic E-state index is 0.0121. The molecule has 11 heteroatoms. The van der Waals surface area contributed by atoms with Crippen LogP contribution < -0.4 is 4.72 Å². The summed E-state index contributed by atoms with van der Waals surface area (Å²) >= 11 is 0. The molecule has 0 radical (unpaired) electrons. The molecule has 1 aromatic carbocycles. The van der Waals surface area contributed by atoms with Crippen molar-refractivity contribution in [1.29, 1.82) is 0 Å². The van der Waals surface area contributed by atoms with Crippen LogP contribution in [0.3, 0.4) is 0 Å². The molecule has 0 bridgehead atoms. The fraction of sp³-hybridized carbons (Fsp3) is 0.125. The number of carbonyl (C=O) groups is 1. The van der Waals surface area contributed by atoms with E-state index >= 15 is 0 Å². The van der Waals surface area contributed by atoms with Gasteiger partial charge in [-0.3, -0.25) is 4.79 Å². The molecule has 0 saturated heterocycles. The van der Waals surface area contributed by atoms with Gasteiger partial charge in [0, 0.05) is 12.1 Å². The molecule has 0 saturated carbocycles. The Morgan fingerprint density at radius 1 is 1.05 bits per heavy atom. The highest BCUT2D eigenvalue weighted by molar-refractivity contribution is 7.90. The summed E-state index contributed by atoms with van der Waals surface area (Å²) in [7, 11) is -6.12. The van der Waals surface area contributed by atoms with Crippen LogP contribution in [0.4, 0.5) is 26.3 Å². The first-order valence-electron chi connectivity index (χ1n) is 4.23. The van der Waals surface area contributed by atoms with Crippen LogP contribution in [0.25, 0.3) is 0 Å². The van der Waals surface area contributed by atoms with E-state index in [0.29, 0.717) is 4.72 Å². The van der Waals surface area contributed by atoms with Gasteiger partial charge in [-0.25, -0.2) is 17.9 Å². The summed E-state index contributed by atoms with van der Waals surface area (Å²) in [5, 5.41) is 0. The Morgan fingerprint density at radius 2 is 1.47 bits per heavy atom. The summed E-state index contributed by atoms with van der Waals surface area (Å²) in [4.78, 5) is 11.1. The molecular weight excluding hydrogens is 304 g/mol. The zero-order valence-electron chi connectivity index (χ0n) is 8.56. The Hall–Kier alpha value is -1.78. The molecule has 19 heavy (non-hydrogen) atoms. The van der Waals surface area contributed by atoms with E-state index in [9.17, 15) is 39.6 Å². The third kappa shape index (κ3) is 3.16. The SMILES string of the molecule is O=C(NS(=O)(=O)C(F)(F)F)c1c(F)cc(F)cc1F. The van der Waals surface area contributed by atoms with Crippen LogP contribution in [0.1, 0.15) is 10.4 Å². The van der Waals surface area contributed by atoms with Crippen LogP contribution in [0.15, 0.2) is 12.1 Å². The summed E-state index contributed by atoms with van der Waals surface area (Å²) in [5.74, 6) is -7.31. The molecule has 0 aromatic heterocycles. The monoisotopic (exact) mass is 307 g/mol. The summed E-state index contributed by atoms with van der Waals surface area (Å²) in [5.41, 5.74) is -7.48. The van der Waals surface area contributed by atoms with E-state index in [2.05, 4.69) is 0 Å². The fourth-order valence-corrected chi connectivity index (χ4v) is 1.45. The zero-order valence-corrected chi connectivity index (χ0v) is 9.37. The number of benzene rings is 1. The lowest BCUT2D eigenvalue weighted by atomic mass is 10.2. The van der Waals surface area contributed by atoms with Crippen molar-refractivity contribution in [3.8, 4) is 0 Å². The minimum atomic E-state index is -6.12. The predicted octanol–water partition coefficient (Wildman–Crippen LogP) is 1.68. The van der Waals surface area contributed by atoms with Crippen LogP contribution in [-0.2, 0) is 10.0 Å². The summed E-state index contributed by atoms with van der Waals surface area (Å²) in [6.07, 6.45) is 0. The molecule has 1 rings (SSSR count). The molecule has 4 nitrogen and oxygen atoms in total. The smallest absolute Gasteiger partial charge is 0.268 e. The van der Waals surface area contributed by atoms with Gasteiger partial charge in [-0.2, -0.15) is 21.6 Å². The highest BCUT2D eigenvalue weighted by atomic mass is 32.2. The van der Waals surface area contributed by atoms with Crippen molar-refractivity contribution in [3.63, 3.8) is 0 Å². The van der Waals surface area contributed by atoms with Gasteiger partial charge in [0.2, 0.25) is 0 Å². The van der Waals surface area contributed by atoms with E-state index in [1.165, 1.54) is 0 Å². The van der Waals surface area contributed by atoms with E-state index in [1.54, 1.807) is 0 Å². The molecule has 0 aliphatic heterocycles. The fourth-order valence-electron chi connectivity index (χ4n) is 0.990. The van der Waals surface area contributed by atoms with Crippen LogP contribution >= 0.6 is 0 Å². The molecule has 0 spiro atoms. The van der Waals surface area contributed by atoms with E-state index in [-0.39, 0.29) is 12.1 Å². The second kappa shape index (κ2) is 4.72. The van der Waals surface area contributed by atoms with Gasteiger partial charge >= 0.3 is 15.5 Å². The van der Waals surface area contributed by atoms with Crippen molar-refractivity contribution in [3.05, 3.63) is 35.1 Å². The lowest BCUT2D eigenvalue weighted by Gasteiger charge is -2.10. The first kappa shape index (κ1) is 15.3. The topological polar surface area (TPSA) is 63.2 Å². The van der Waals surface area contributed by atoms with Gasteiger partial charge in [-0.05, 0) is 0 Å². The van der Waals surface area contributed by atoms with E-state index in [0.717, 1.165) is 0 Å². The first-order valence-corrected chi connectivity index (χ1v) is 5.72. The maximum Gasteiger partial charge on any atom is 0.516 e. The Morgan fingerprint density at radius 3 is 1.84 bits per heavy atom. The highest BCUT2D eigenvalue weighted by Gasteiger charge is 2.47. The Bertz CT molecular complexity index is 601. The Labute approximate surface area is 102 Å². The lowest BCUT2D eigenvalue weighted by Crippen LogP contribution is -2.40. The number of alkyl halides is 3. The molecule has 0 aliphatic carbocycles. The number of hydrogen-bond donors (Lipinski definition) is 1. The number of halogens is 6. The lowest BCUT2D eigenvalue weighted by molar-refractivity contribution is -0.0446. The molecule has 0 heterocycles.